The number of piperidine rings is 1. The van der Waals surface area contributed by atoms with E-state index >= 15 is 0 Å². The maximum Gasteiger partial charge on any atom is 0.322 e. The molecule has 0 radical (unpaired) electrons. The van der Waals surface area contributed by atoms with Crippen molar-refractivity contribution >= 4 is 38.3 Å². The molecule has 0 aliphatic carbocycles. The number of fused-ring (bicyclic) bond motifs is 1. The summed E-state index contributed by atoms with van der Waals surface area (Å²) in [5.74, 6) is 1.34. The normalized spacial score (nSPS) is 14.4. The van der Waals surface area contributed by atoms with Gasteiger partial charge in [0, 0.05) is 55.2 Å². The smallest absolute Gasteiger partial charge is 0.322 e. The summed E-state index contributed by atoms with van der Waals surface area (Å²) in [6.45, 7) is 5.59. The second-order valence-corrected chi connectivity index (χ2v) is 12.8. The fourth-order valence-corrected chi connectivity index (χ4v) is 5.94. The monoisotopic (exact) mass is 601 g/mol. The number of nitrogens with zero attached hydrogens (tertiary/aromatic N) is 3. The zero-order chi connectivity index (χ0) is 30.2. The summed E-state index contributed by atoms with van der Waals surface area (Å²) in [5.41, 5.74) is 3.39. The lowest BCUT2D eigenvalue weighted by Gasteiger charge is -2.38. The molecule has 3 aromatic carbocycles. The number of rotatable bonds is 11. The number of hydrogen-bond acceptors (Lipinski definition) is 6. The van der Waals surface area contributed by atoms with Crippen molar-refractivity contribution in [3.8, 4) is 11.5 Å². The van der Waals surface area contributed by atoms with Gasteiger partial charge in [0.1, 0.15) is 11.5 Å². The highest BCUT2D eigenvalue weighted by molar-refractivity contribution is 7.92. The van der Waals surface area contributed by atoms with E-state index in [0.717, 1.165) is 74.7 Å². The van der Waals surface area contributed by atoms with Crippen molar-refractivity contribution in [3.05, 3.63) is 90.6 Å². The van der Waals surface area contributed by atoms with Gasteiger partial charge in [-0.25, -0.2) is 13.2 Å². The molecule has 0 unspecified atom stereocenters. The summed E-state index contributed by atoms with van der Waals surface area (Å²) < 4.78 is 31.2. The van der Waals surface area contributed by atoms with Gasteiger partial charge in [0.05, 0.1) is 11.8 Å². The van der Waals surface area contributed by atoms with Crippen molar-refractivity contribution in [1.29, 1.82) is 0 Å². The van der Waals surface area contributed by atoms with Gasteiger partial charge in [-0.1, -0.05) is 31.5 Å². The standard InChI is InChI=1S/C33H39N5O4S/c1-3-4-20-38(33(39)35-28-11-16-32-26(23-28)6-5-19-34-32)29-17-21-37(22-18-29)24-25-7-12-30(13-8-25)42-31-14-9-27(10-15-31)36-43(2,40)41/h5-16,19,23,29,36H,3-4,17-18,20-22,24H2,1-2H3,(H,35,39). The third kappa shape index (κ3) is 8.68. The maximum absolute atomic E-state index is 13.4. The van der Waals surface area contributed by atoms with Gasteiger partial charge in [-0.2, -0.15) is 0 Å². The molecule has 9 nitrogen and oxygen atoms in total. The minimum atomic E-state index is -3.32. The molecule has 2 N–H and O–H groups in total. The number of nitrogens with one attached hydrogen (secondary N) is 2. The summed E-state index contributed by atoms with van der Waals surface area (Å²) in [4.78, 5) is 22.2. The van der Waals surface area contributed by atoms with Crippen LogP contribution in [0.25, 0.3) is 10.9 Å². The fraction of sp³-hybridized carbons (Fsp3) is 0.333. The number of unbranched alkanes of at least 4 members (excludes halogenated alkanes) is 1. The number of carbonyl (C=O) groups is 1. The lowest BCUT2D eigenvalue weighted by Crippen LogP contribution is -2.49. The molecule has 1 aromatic heterocycles. The largest absolute Gasteiger partial charge is 0.457 e. The second kappa shape index (κ2) is 13.9. The number of carbonyl (C=O) groups excluding carboxylic acids is 1. The lowest BCUT2D eigenvalue weighted by molar-refractivity contribution is 0.122. The number of hydrogen-bond donors (Lipinski definition) is 2. The zero-order valence-corrected chi connectivity index (χ0v) is 25.5. The molecule has 1 saturated heterocycles. The van der Waals surface area contributed by atoms with Crippen LogP contribution in [0.1, 0.15) is 38.2 Å². The third-order valence-corrected chi connectivity index (χ3v) is 8.19. The number of anilines is 2. The highest BCUT2D eigenvalue weighted by atomic mass is 32.2. The van der Waals surface area contributed by atoms with Crippen LogP contribution in [0.2, 0.25) is 0 Å². The average Bonchev–Trinajstić information content (AvgIpc) is 2.99. The Morgan fingerprint density at radius 3 is 2.33 bits per heavy atom. The Kier molecular flexibility index (Phi) is 9.79. The van der Waals surface area contributed by atoms with Crippen molar-refractivity contribution in [2.45, 2.75) is 45.2 Å². The zero-order valence-electron chi connectivity index (χ0n) is 24.7. The summed E-state index contributed by atoms with van der Waals surface area (Å²) >= 11 is 0. The number of amides is 2. The van der Waals surface area contributed by atoms with Gasteiger partial charge in [-0.3, -0.25) is 14.6 Å². The summed E-state index contributed by atoms with van der Waals surface area (Å²) in [6, 6.07) is 24.8. The van der Waals surface area contributed by atoms with Crippen LogP contribution in [0.3, 0.4) is 0 Å². The second-order valence-electron chi connectivity index (χ2n) is 11.0. The first-order valence-electron chi connectivity index (χ1n) is 14.7. The molecule has 0 saturated carbocycles. The molecule has 0 atom stereocenters. The predicted octanol–water partition coefficient (Wildman–Crippen LogP) is 6.70. The lowest BCUT2D eigenvalue weighted by atomic mass is 10.0. The van der Waals surface area contributed by atoms with Crippen molar-refractivity contribution < 1.29 is 17.9 Å². The first-order chi connectivity index (χ1) is 20.8. The molecule has 1 fully saturated rings. The summed E-state index contributed by atoms with van der Waals surface area (Å²) in [5, 5.41) is 4.14. The molecule has 5 rings (SSSR count). The van der Waals surface area contributed by atoms with Gasteiger partial charge < -0.3 is 15.0 Å². The fourth-order valence-electron chi connectivity index (χ4n) is 5.38. The quantitative estimate of drug-likeness (QED) is 0.198. The number of likely N-dealkylation sites (tertiary alicyclic amines) is 1. The Hall–Kier alpha value is -4.15. The molecule has 226 valence electrons. The van der Waals surface area contributed by atoms with E-state index in [1.54, 1.807) is 30.5 Å². The Morgan fingerprint density at radius 1 is 0.977 bits per heavy atom. The van der Waals surface area contributed by atoms with Gasteiger partial charge in [-0.15, -0.1) is 0 Å². The summed E-state index contributed by atoms with van der Waals surface area (Å²) in [6.07, 6.45) is 6.78. The van der Waals surface area contributed by atoms with Gasteiger partial charge in [0.25, 0.3) is 0 Å². The minimum absolute atomic E-state index is 0.0352. The van der Waals surface area contributed by atoms with Crippen LogP contribution in [0.4, 0.5) is 16.2 Å². The molecule has 1 aliphatic heterocycles. The number of urea groups is 1. The van der Waals surface area contributed by atoms with Crippen LogP contribution < -0.4 is 14.8 Å². The first kappa shape index (κ1) is 30.3. The van der Waals surface area contributed by atoms with Gasteiger partial charge in [0.15, 0.2) is 0 Å². The Labute approximate surface area is 253 Å². The third-order valence-electron chi connectivity index (χ3n) is 7.59. The van der Waals surface area contributed by atoms with Crippen molar-refractivity contribution in [1.82, 2.24) is 14.8 Å². The molecular formula is C33H39N5O4S. The molecule has 0 bridgehead atoms. The van der Waals surface area contributed by atoms with E-state index in [9.17, 15) is 13.2 Å². The molecule has 10 heteroatoms. The van der Waals surface area contributed by atoms with Crippen LogP contribution in [-0.2, 0) is 16.6 Å². The van der Waals surface area contributed by atoms with Gasteiger partial charge >= 0.3 is 6.03 Å². The number of aromatic nitrogens is 1. The van der Waals surface area contributed by atoms with Crippen LogP contribution >= 0.6 is 0 Å². The van der Waals surface area contributed by atoms with E-state index in [4.69, 9.17) is 4.74 Å². The first-order valence-corrected chi connectivity index (χ1v) is 16.6. The highest BCUT2D eigenvalue weighted by Gasteiger charge is 2.28. The van der Waals surface area contributed by atoms with Crippen molar-refractivity contribution in [3.63, 3.8) is 0 Å². The summed E-state index contributed by atoms with van der Waals surface area (Å²) in [7, 11) is -3.32. The Morgan fingerprint density at radius 2 is 1.65 bits per heavy atom. The average molecular weight is 602 g/mol. The van der Waals surface area contributed by atoms with Crippen molar-refractivity contribution in [2.75, 3.05) is 35.9 Å². The van der Waals surface area contributed by atoms with E-state index in [0.29, 0.717) is 17.2 Å². The van der Waals surface area contributed by atoms with E-state index in [-0.39, 0.29) is 12.1 Å². The van der Waals surface area contributed by atoms with Crippen LogP contribution in [0.15, 0.2) is 85.1 Å². The Bertz CT molecular complexity index is 1620. The molecule has 0 spiro atoms. The predicted molar refractivity (Wildman–Crippen MR) is 172 cm³/mol. The number of benzene rings is 3. The molecule has 1 aliphatic rings. The van der Waals surface area contributed by atoms with E-state index in [1.165, 1.54) is 5.56 Å². The highest BCUT2D eigenvalue weighted by Crippen LogP contribution is 2.26. The number of ether oxygens (including phenoxy) is 1. The number of sulfonamides is 1. The van der Waals surface area contributed by atoms with Gasteiger partial charge in [-0.05, 0) is 85.5 Å². The molecular weight excluding hydrogens is 562 g/mol. The van der Waals surface area contributed by atoms with Crippen LogP contribution in [0.5, 0.6) is 11.5 Å². The van der Waals surface area contributed by atoms with Crippen LogP contribution in [-0.4, -0.2) is 61.2 Å². The molecule has 4 aromatic rings. The number of pyridine rings is 1. The Balaban J connectivity index is 1.13. The van der Waals surface area contributed by atoms with Crippen molar-refractivity contribution in [2.24, 2.45) is 0 Å². The van der Waals surface area contributed by atoms with E-state index in [2.05, 4.69) is 39.0 Å². The topological polar surface area (TPSA) is 104 Å². The molecule has 2 heterocycles. The van der Waals surface area contributed by atoms with Crippen LogP contribution in [0, 0.1) is 0 Å². The molecule has 43 heavy (non-hydrogen) atoms. The van der Waals surface area contributed by atoms with E-state index in [1.807, 2.05) is 47.4 Å². The SMILES string of the molecule is CCCCN(C(=O)Nc1ccc2ncccc2c1)C1CCN(Cc2ccc(Oc3ccc(NS(C)(=O)=O)cc3)cc2)CC1. The molecule has 2 amide bonds. The maximum atomic E-state index is 13.4. The minimum Gasteiger partial charge on any atom is -0.457 e. The van der Waals surface area contributed by atoms with Gasteiger partial charge in [0.2, 0.25) is 10.0 Å². The van der Waals surface area contributed by atoms with E-state index < -0.39 is 10.0 Å².